The van der Waals surface area contributed by atoms with Crippen LogP contribution in [0.1, 0.15) is 23.6 Å². The van der Waals surface area contributed by atoms with Crippen molar-refractivity contribution < 1.29 is 0 Å². The van der Waals surface area contributed by atoms with Gasteiger partial charge < -0.3 is 5.32 Å². The van der Waals surface area contributed by atoms with Crippen LogP contribution >= 0.6 is 0 Å². The summed E-state index contributed by atoms with van der Waals surface area (Å²) in [6.45, 7) is 0. The lowest BCUT2D eigenvalue weighted by atomic mass is 10.0. The molecule has 92 valence electrons. The Kier molecular flexibility index (Phi) is 4.74. The molecule has 0 radical (unpaired) electrons. The van der Waals surface area contributed by atoms with E-state index in [9.17, 15) is 0 Å². The molecule has 0 heterocycles. The fourth-order valence-electron chi connectivity index (χ4n) is 2.01. The van der Waals surface area contributed by atoms with E-state index in [2.05, 4.69) is 72.1 Å². The first-order valence-electron chi connectivity index (χ1n) is 6.34. The predicted molar refractivity (Wildman–Crippen MR) is 78.3 cm³/mol. The molecule has 2 aromatic carbocycles. The molecule has 1 atom stereocenters. The summed E-state index contributed by atoms with van der Waals surface area (Å²) in [6.07, 6.45) is 5.40. The van der Waals surface area contributed by atoms with Gasteiger partial charge in [0.25, 0.3) is 0 Å². The van der Waals surface area contributed by atoms with Gasteiger partial charge in [0, 0.05) is 6.04 Å². The Morgan fingerprint density at radius 1 is 0.944 bits per heavy atom. The summed E-state index contributed by atoms with van der Waals surface area (Å²) in [4.78, 5) is 0. The highest BCUT2D eigenvalue weighted by Gasteiger charge is 2.05. The Hall–Kier alpha value is -1.86. The zero-order valence-electron chi connectivity index (χ0n) is 10.7. The first-order chi connectivity index (χ1) is 8.90. The van der Waals surface area contributed by atoms with E-state index in [0.717, 1.165) is 6.42 Å². The molecule has 0 fully saturated rings. The Morgan fingerprint density at radius 2 is 1.56 bits per heavy atom. The van der Waals surface area contributed by atoms with Gasteiger partial charge in [0.05, 0.1) is 0 Å². The van der Waals surface area contributed by atoms with E-state index in [1.54, 1.807) is 0 Å². The molecule has 0 aliphatic rings. The van der Waals surface area contributed by atoms with Crippen molar-refractivity contribution in [2.45, 2.75) is 12.5 Å². The standard InChI is InChI=1S/C17H19N/c1-18-17(16-12-6-3-7-13-16)14-8-11-15-9-4-2-5-10-15/h2-13,17-18H,14H2,1H3. The topological polar surface area (TPSA) is 12.0 Å². The van der Waals surface area contributed by atoms with Gasteiger partial charge in [-0.15, -0.1) is 0 Å². The van der Waals surface area contributed by atoms with Gasteiger partial charge in [-0.1, -0.05) is 72.8 Å². The monoisotopic (exact) mass is 237 g/mol. The number of rotatable bonds is 5. The Morgan fingerprint density at radius 3 is 2.17 bits per heavy atom. The van der Waals surface area contributed by atoms with Crippen LogP contribution in [0.25, 0.3) is 6.08 Å². The molecule has 1 unspecified atom stereocenters. The van der Waals surface area contributed by atoms with Crippen LogP contribution in [0.4, 0.5) is 0 Å². The molecule has 18 heavy (non-hydrogen) atoms. The SMILES string of the molecule is CNC(CC=Cc1ccccc1)c1ccccc1. The summed E-state index contributed by atoms with van der Waals surface area (Å²) in [6, 6.07) is 21.3. The smallest absolute Gasteiger partial charge is 0.0352 e. The summed E-state index contributed by atoms with van der Waals surface area (Å²) in [7, 11) is 2.01. The quantitative estimate of drug-likeness (QED) is 0.827. The highest BCUT2D eigenvalue weighted by atomic mass is 14.9. The molecule has 2 aromatic rings. The Bertz CT molecular complexity index is 473. The molecular weight excluding hydrogens is 218 g/mol. The fourth-order valence-corrected chi connectivity index (χ4v) is 2.01. The van der Waals surface area contributed by atoms with E-state index in [-0.39, 0.29) is 0 Å². The van der Waals surface area contributed by atoms with Gasteiger partial charge in [-0.05, 0) is 24.6 Å². The van der Waals surface area contributed by atoms with Gasteiger partial charge in [0.15, 0.2) is 0 Å². The van der Waals surface area contributed by atoms with Gasteiger partial charge in [-0.3, -0.25) is 0 Å². The lowest BCUT2D eigenvalue weighted by molar-refractivity contribution is 0.604. The lowest BCUT2D eigenvalue weighted by Gasteiger charge is -2.14. The van der Waals surface area contributed by atoms with Crippen LogP contribution in [0, 0.1) is 0 Å². The third-order valence-corrected chi connectivity index (χ3v) is 3.03. The average molecular weight is 237 g/mol. The van der Waals surface area contributed by atoms with E-state index in [4.69, 9.17) is 0 Å². The molecular formula is C17H19N. The summed E-state index contributed by atoms with van der Waals surface area (Å²) in [5, 5.41) is 3.35. The van der Waals surface area contributed by atoms with Gasteiger partial charge in [0.2, 0.25) is 0 Å². The number of hydrogen-bond donors (Lipinski definition) is 1. The number of benzene rings is 2. The minimum absolute atomic E-state index is 0.381. The van der Waals surface area contributed by atoms with Crippen LogP contribution < -0.4 is 5.32 Å². The minimum Gasteiger partial charge on any atom is -0.313 e. The van der Waals surface area contributed by atoms with Gasteiger partial charge in [-0.2, -0.15) is 0 Å². The molecule has 0 aliphatic carbocycles. The summed E-state index contributed by atoms with van der Waals surface area (Å²) >= 11 is 0. The maximum absolute atomic E-state index is 3.35. The van der Waals surface area contributed by atoms with Crippen molar-refractivity contribution in [1.82, 2.24) is 5.32 Å². The van der Waals surface area contributed by atoms with Gasteiger partial charge in [0.1, 0.15) is 0 Å². The second-order valence-corrected chi connectivity index (χ2v) is 4.30. The van der Waals surface area contributed by atoms with E-state index in [1.165, 1.54) is 11.1 Å². The van der Waals surface area contributed by atoms with Crippen molar-refractivity contribution >= 4 is 6.08 Å². The fraction of sp³-hybridized carbons (Fsp3) is 0.176. The largest absolute Gasteiger partial charge is 0.313 e. The van der Waals surface area contributed by atoms with Crippen LogP contribution in [-0.2, 0) is 0 Å². The number of hydrogen-bond acceptors (Lipinski definition) is 1. The predicted octanol–water partition coefficient (Wildman–Crippen LogP) is 4.05. The van der Waals surface area contributed by atoms with E-state index >= 15 is 0 Å². The minimum atomic E-state index is 0.381. The summed E-state index contributed by atoms with van der Waals surface area (Å²) < 4.78 is 0. The normalized spacial score (nSPS) is 12.7. The lowest BCUT2D eigenvalue weighted by Crippen LogP contribution is -2.15. The highest BCUT2D eigenvalue weighted by Crippen LogP contribution is 2.17. The molecule has 0 aliphatic heterocycles. The number of nitrogens with one attached hydrogen (secondary N) is 1. The van der Waals surface area contributed by atoms with Crippen molar-refractivity contribution in [3.05, 3.63) is 77.9 Å². The molecule has 0 amide bonds. The Balaban J connectivity index is 1.98. The molecule has 1 N–H and O–H groups in total. The maximum atomic E-state index is 3.35. The molecule has 0 spiro atoms. The second-order valence-electron chi connectivity index (χ2n) is 4.30. The molecule has 0 aromatic heterocycles. The third kappa shape index (κ3) is 3.57. The van der Waals surface area contributed by atoms with Crippen molar-refractivity contribution in [1.29, 1.82) is 0 Å². The zero-order valence-corrected chi connectivity index (χ0v) is 10.7. The molecule has 1 nitrogen and oxygen atoms in total. The zero-order chi connectivity index (χ0) is 12.6. The summed E-state index contributed by atoms with van der Waals surface area (Å²) in [5.74, 6) is 0. The van der Waals surface area contributed by atoms with Crippen LogP contribution in [-0.4, -0.2) is 7.05 Å². The van der Waals surface area contributed by atoms with E-state index < -0.39 is 0 Å². The highest BCUT2D eigenvalue weighted by molar-refractivity contribution is 5.48. The first-order valence-corrected chi connectivity index (χ1v) is 6.34. The molecule has 0 saturated heterocycles. The Labute approximate surface area is 109 Å². The van der Waals surface area contributed by atoms with Crippen molar-refractivity contribution in [3.63, 3.8) is 0 Å². The average Bonchev–Trinajstić information content (AvgIpc) is 2.46. The van der Waals surface area contributed by atoms with Crippen LogP contribution in [0.3, 0.4) is 0 Å². The molecule has 0 saturated carbocycles. The second kappa shape index (κ2) is 6.77. The first kappa shape index (κ1) is 12.6. The molecule has 0 bridgehead atoms. The summed E-state index contributed by atoms with van der Waals surface area (Å²) in [5.41, 5.74) is 2.58. The molecule has 2 rings (SSSR count). The maximum Gasteiger partial charge on any atom is 0.0352 e. The van der Waals surface area contributed by atoms with Crippen molar-refractivity contribution in [2.24, 2.45) is 0 Å². The van der Waals surface area contributed by atoms with Crippen molar-refractivity contribution in [3.8, 4) is 0 Å². The van der Waals surface area contributed by atoms with Gasteiger partial charge >= 0.3 is 0 Å². The third-order valence-electron chi connectivity index (χ3n) is 3.03. The van der Waals surface area contributed by atoms with Crippen LogP contribution in [0.2, 0.25) is 0 Å². The van der Waals surface area contributed by atoms with Crippen LogP contribution in [0.5, 0.6) is 0 Å². The van der Waals surface area contributed by atoms with Crippen molar-refractivity contribution in [2.75, 3.05) is 7.05 Å². The van der Waals surface area contributed by atoms with Crippen LogP contribution in [0.15, 0.2) is 66.7 Å². The van der Waals surface area contributed by atoms with Gasteiger partial charge in [-0.25, -0.2) is 0 Å². The van der Waals surface area contributed by atoms with E-state index in [0.29, 0.717) is 6.04 Å². The molecule has 1 heteroatoms. The van der Waals surface area contributed by atoms with E-state index in [1.807, 2.05) is 13.1 Å².